The molecule has 0 bridgehead atoms. The fraction of sp³-hybridized carbons (Fsp3) is 0.364. The second-order valence-corrected chi connectivity index (χ2v) is 9.86. The third-order valence-electron chi connectivity index (χ3n) is 4.87. The first-order valence-corrected chi connectivity index (χ1v) is 13.1. The topological polar surface area (TPSA) is 146 Å². The van der Waals surface area contributed by atoms with E-state index in [1.165, 1.54) is 12.1 Å². The van der Waals surface area contributed by atoms with Gasteiger partial charge in [0, 0.05) is 5.56 Å². The van der Waals surface area contributed by atoms with Gasteiger partial charge in [-0.15, -0.1) is 10.2 Å². The Bertz CT molecular complexity index is 1220. The van der Waals surface area contributed by atoms with E-state index in [1.807, 2.05) is 24.3 Å². The van der Waals surface area contributed by atoms with E-state index in [2.05, 4.69) is 14.7 Å². The first kappa shape index (κ1) is 29.0. The monoisotopic (exact) mass is 563 g/mol. The van der Waals surface area contributed by atoms with Gasteiger partial charge < -0.3 is 29.7 Å². The Morgan fingerprint density at radius 2 is 1.89 bits per heavy atom. The highest BCUT2D eigenvalue weighted by atomic mass is 32.1. The van der Waals surface area contributed by atoms with Crippen LogP contribution in [0.3, 0.4) is 0 Å². The number of methoxy groups -OCH3 is 1. The van der Waals surface area contributed by atoms with Crippen LogP contribution in [0.2, 0.25) is 0 Å². The summed E-state index contributed by atoms with van der Waals surface area (Å²) >= 11 is 0.881. The Hall–Kier alpha value is -2.58. The van der Waals surface area contributed by atoms with Gasteiger partial charge in [0.25, 0.3) is 0 Å². The predicted octanol–water partition coefficient (Wildman–Crippen LogP) is 3.98. The van der Waals surface area contributed by atoms with Gasteiger partial charge in [0.2, 0.25) is 0 Å². The van der Waals surface area contributed by atoms with Crippen LogP contribution < -0.4 is 15.2 Å². The summed E-state index contributed by atoms with van der Waals surface area (Å²) in [4.78, 5) is 17.5. The summed E-state index contributed by atoms with van der Waals surface area (Å²) in [7, 11) is -3.16. The molecule has 0 spiro atoms. The van der Waals surface area contributed by atoms with Crippen molar-refractivity contribution in [3.63, 3.8) is 0 Å². The van der Waals surface area contributed by atoms with Crippen molar-refractivity contribution in [2.75, 3.05) is 33.5 Å². The molecule has 3 aromatic rings. The average molecular weight is 563 g/mol. The third kappa shape index (κ3) is 9.04. The van der Waals surface area contributed by atoms with Crippen molar-refractivity contribution in [1.29, 1.82) is 0 Å². The van der Waals surface area contributed by atoms with Crippen LogP contribution in [0.5, 0.6) is 11.5 Å². The number of ether oxygens (including phenoxy) is 3. The summed E-state index contributed by atoms with van der Waals surface area (Å²) in [5.41, 5.74) is 5.91. The summed E-state index contributed by atoms with van der Waals surface area (Å²) in [5, 5.41) is 7.91. The number of hydrogen-bond donors (Lipinski definition) is 3. The van der Waals surface area contributed by atoms with Gasteiger partial charge in [-0.1, -0.05) is 23.5 Å². The largest absolute Gasteiger partial charge is 0.497 e. The molecule has 2 aromatic carbocycles. The molecular weight excluding hydrogens is 538 g/mol. The normalized spacial score (nSPS) is 12.9. The molecule has 0 saturated carbocycles. The zero-order valence-corrected chi connectivity index (χ0v) is 21.3. The maximum absolute atomic E-state index is 13.7. The number of halogens is 3. The van der Waals surface area contributed by atoms with Crippen LogP contribution in [-0.2, 0) is 26.4 Å². The molecule has 0 saturated heterocycles. The lowest BCUT2D eigenvalue weighted by Gasteiger charge is -2.15. The van der Waals surface area contributed by atoms with Crippen LogP contribution in [0.15, 0.2) is 42.5 Å². The quantitative estimate of drug-likeness (QED) is 0.206. The number of benzene rings is 2. The zero-order chi connectivity index (χ0) is 27.1. The molecule has 15 heteroatoms. The molecule has 1 atom stereocenters. The van der Waals surface area contributed by atoms with Crippen molar-refractivity contribution in [3.05, 3.63) is 58.6 Å². The van der Waals surface area contributed by atoms with Crippen LogP contribution in [0, 0.1) is 0 Å². The molecule has 0 aliphatic rings. The Morgan fingerprint density at radius 3 is 2.59 bits per heavy atom. The molecule has 37 heavy (non-hydrogen) atoms. The number of phosphoric acid groups is 1. The number of alkyl halides is 3. The number of nitrogens with two attached hydrogens (primary N) is 1. The smallest absolute Gasteiger partial charge is 0.469 e. The van der Waals surface area contributed by atoms with Gasteiger partial charge in [-0.3, -0.25) is 4.52 Å². The fourth-order valence-corrected chi connectivity index (χ4v) is 4.27. The van der Waals surface area contributed by atoms with Crippen LogP contribution in [0.25, 0.3) is 10.6 Å². The summed E-state index contributed by atoms with van der Waals surface area (Å²) in [5.74, 6) is 0.370. The highest BCUT2D eigenvalue weighted by Gasteiger charge is 2.35. The second kappa shape index (κ2) is 12.8. The van der Waals surface area contributed by atoms with Crippen molar-refractivity contribution < 1.29 is 46.3 Å². The molecular formula is C22H25F3N3O7PS. The van der Waals surface area contributed by atoms with E-state index < -0.39 is 32.2 Å². The van der Waals surface area contributed by atoms with E-state index >= 15 is 0 Å². The van der Waals surface area contributed by atoms with Gasteiger partial charge in [0.05, 0.1) is 38.5 Å². The first-order valence-electron chi connectivity index (χ1n) is 10.8. The lowest BCUT2D eigenvalue weighted by atomic mass is 10.1. The predicted molar refractivity (Wildman–Crippen MR) is 128 cm³/mol. The summed E-state index contributed by atoms with van der Waals surface area (Å²) in [6.45, 7) is -0.168. The van der Waals surface area contributed by atoms with Gasteiger partial charge in [-0.05, 0) is 42.3 Å². The molecule has 0 aliphatic heterocycles. The minimum atomic E-state index is -4.73. The Labute approximate surface area is 214 Å². The maximum Gasteiger partial charge on any atom is 0.469 e. The highest BCUT2D eigenvalue weighted by molar-refractivity contribution is 7.46. The van der Waals surface area contributed by atoms with Gasteiger partial charge in [-0.25, -0.2) is 4.57 Å². The molecule has 0 radical (unpaired) electrons. The fourth-order valence-electron chi connectivity index (χ4n) is 3.09. The number of hydrogen-bond acceptors (Lipinski definition) is 9. The molecule has 1 heterocycles. The summed E-state index contributed by atoms with van der Waals surface area (Å²) in [6.07, 6.45) is -4.08. The Morgan fingerprint density at radius 1 is 1.11 bits per heavy atom. The molecule has 202 valence electrons. The Balaban J connectivity index is 1.58. The highest BCUT2D eigenvalue weighted by Crippen LogP contribution is 2.40. The molecule has 0 aliphatic carbocycles. The van der Waals surface area contributed by atoms with Crippen LogP contribution in [0.1, 0.15) is 22.2 Å². The molecule has 1 unspecified atom stereocenters. The van der Waals surface area contributed by atoms with Gasteiger partial charge >= 0.3 is 14.0 Å². The SMILES string of the molecule is COc1cccc(CCOCCOc2ccc(-c3nnc(C(N)COP(=O)(O)O)s3)cc2C(F)(F)F)c1. The van der Waals surface area contributed by atoms with Crippen molar-refractivity contribution in [2.24, 2.45) is 5.73 Å². The molecule has 3 rings (SSSR count). The lowest BCUT2D eigenvalue weighted by molar-refractivity contribution is -0.139. The molecule has 10 nitrogen and oxygen atoms in total. The molecule has 0 amide bonds. The van der Waals surface area contributed by atoms with Gasteiger partial charge in [-0.2, -0.15) is 13.2 Å². The van der Waals surface area contributed by atoms with Crippen LogP contribution in [-0.4, -0.2) is 53.5 Å². The zero-order valence-electron chi connectivity index (χ0n) is 19.6. The van der Waals surface area contributed by atoms with Crippen LogP contribution >= 0.6 is 19.2 Å². The number of nitrogens with zero attached hydrogens (tertiary/aromatic N) is 2. The van der Waals surface area contributed by atoms with Gasteiger partial charge in [0.1, 0.15) is 28.1 Å². The lowest BCUT2D eigenvalue weighted by Crippen LogP contribution is -2.16. The molecule has 4 N–H and O–H groups in total. The van der Waals surface area contributed by atoms with Gasteiger partial charge in [0.15, 0.2) is 0 Å². The van der Waals surface area contributed by atoms with Crippen molar-refractivity contribution in [1.82, 2.24) is 10.2 Å². The van der Waals surface area contributed by atoms with Crippen molar-refractivity contribution in [3.8, 4) is 22.1 Å². The average Bonchev–Trinajstić information content (AvgIpc) is 3.34. The van der Waals surface area contributed by atoms with Crippen molar-refractivity contribution in [2.45, 2.75) is 18.6 Å². The minimum absolute atomic E-state index is 0.0854. The maximum atomic E-state index is 13.7. The number of aromatic nitrogens is 2. The number of phosphoric ester groups is 1. The van der Waals surface area contributed by atoms with E-state index in [-0.39, 0.29) is 34.5 Å². The van der Waals surface area contributed by atoms with E-state index in [0.29, 0.717) is 13.0 Å². The first-order chi connectivity index (χ1) is 17.5. The van der Waals surface area contributed by atoms with E-state index in [0.717, 1.165) is 28.7 Å². The van der Waals surface area contributed by atoms with E-state index in [1.54, 1.807) is 7.11 Å². The van der Waals surface area contributed by atoms with E-state index in [4.69, 9.17) is 29.7 Å². The molecule has 1 aromatic heterocycles. The second-order valence-electron chi connectivity index (χ2n) is 7.61. The minimum Gasteiger partial charge on any atom is -0.497 e. The Kier molecular flexibility index (Phi) is 10.0. The molecule has 0 fully saturated rings. The third-order valence-corrected chi connectivity index (χ3v) is 6.46. The van der Waals surface area contributed by atoms with Crippen molar-refractivity contribution >= 4 is 19.2 Å². The number of rotatable bonds is 13. The summed E-state index contributed by atoms with van der Waals surface area (Å²) in [6, 6.07) is 9.94. The van der Waals surface area contributed by atoms with Crippen LogP contribution in [0.4, 0.5) is 13.2 Å². The summed E-state index contributed by atoms with van der Waals surface area (Å²) < 4.78 is 72.3. The van der Waals surface area contributed by atoms with E-state index in [9.17, 15) is 17.7 Å². The standard InChI is InChI=1S/C22H25F3N3O7PS/c1-32-16-4-2-3-14(11-16)7-8-33-9-10-34-19-6-5-15(12-17(19)22(23,24)25)20-27-28-21(37-20)18(26)13-35-36(29,30)31/h2-6,11-12,18H,7-10,13,26H2,1H3,(H2,29,30,31).